The first-order chi connectivity index (χ1) is 7.63. The van der Waals surface area contributed by atoms with Crippen LogP contribution in [0.15, 0.2) is 29.2 Å². The van der Waals surface area contributed by atoms with Crippen molar-refractivity contribution in [2.45, 2.75) is 14.7 Å². The van der Waals surface area contributed by atoms with E-state index < -0.39 is 14.8 Å². The van der Waals surface area contributed by atoms with Gasteiger partial charge in [0.1, 0.15) is 0 Å². The Morgan fingerprint density at radius 1 is 1.18 bits per heavy atom. The molecule has 0 unspecified atom stereocenters. The Morgan fingerprint density at radius 2 is 1.65 bits per heavy atom. The van der Waals surface area contributed by atoms with Crippen molar-refractivity contribution in [2.75, 3.05) is 0 Å². The number of non-ortho nitro benzene ring substituents is 1. The average molecular weight is 306 g/mol. The van der Waals surface area contributed by atoms with Crippen molar-refractivity contribution in [3.8, 4) is 0 Å². The third-order valence-corrected chi connectivity index (χ3v) is 3.51. The highest BCUT2D eigenvalue weighted by molar-refractivity contribution is 8.03. The second kappa shape index (κ2) is 4.91. The lowest BCUT2D eigenvalue weighted by molar-refractivity contribution is -0.384. The summed E-state index contributed by atoms with van der Waals surface area (Å²) in [4.78, 5) is 9.74. The van der Waals surface area contributed by atoms with Gasteiger partial charge in [-0.2, -0.15) is 13.2 Å². The highest BCUT2D eigenvalue weighted by Crippen LogP contribution is 2.51. The number of benzene rings is 1. The lowest BCUT2D eigenvalue weighted by atomic mass is 10.3. The number of rotatable bonds is 3. The van der Waals surface area contributed by atoms with E-state index >= 15 is 0 Å². The molecular weight excluding hydrogens is 302 g/mol. The second-order valence-corrected chi connectivity index (χ2v) is 5.93. The van der Waals surface area contributed by atoms with Crippen molar-refractivity contribution in [1.82, 2.24) is 0 Å². The van der Waals surface area contributed by atoms with Crippen LogP contribution in [0.4, 0.5) is 18.9 Å². The fraction of sp³-hybridized carbons (Fsp3) is 0.250. The smallest absolute Gasteiger partial charge is 0.258 e. The van der Waals surface area contributed by atoms with E-state index in [9.17, 15) is 23.3 Å². The quantitative estimate of drug-likeness (QED) is 0.360. The van der Waals surface area contributed by atoms with Crippen LogP contribution in [0.5, 0.6) is 0 Å². The van der Waals surface area contributed by atoms with E-state index in [0.29, 0.717) is 0 Å². The molecule has 0 aliphatic carbocycles. The molecule has 9 heteroatoms. The van der Waals surface area contributed by atoms with E-state index in [1.54, 1.807) is 0 Å². The largest absolute Gasteiger partial charge is 0.431 e. The molecule has 0 atom stereocenters. The summed E-state index contributed by atoms with van der Waals surface area (Å²) in [5.74, 6) is 0. The number of hydrogen-bond donors (Lipinski definition) is 0. The van der Waals surface area contributed by atoms with Gasteiger partial charge in [0.25, 0.3) is 9.35 Å². The molecule has 3 nitrogen and oxygen atoms in total. The fourth-order valence-electron chi connectivity index (χ4n) is 0.842. The molecule has 94 valence electrons. The van der Waals surface area contributed by atoms with Gasteiger partial charge in [-0.25, -0.2) is 0 Å². The van der Waals surface area contributed by atoms with Crippen molar-refractivity contribution in [3.05, 3.63) is 34.4 Å². The number of nitro groups is 1. The zero-order valence-corrected chi connectivity index (χ0v) is 10.2. The molecule has 0 aliphatic heterocycles. The maximum Gasteiger partial charge on any atom is 0.431 e. The van der Waals surface area contributed by atoms with Crippen LogP contribution in [0.3, 0.4) is 0 Å². The van der Waals surface area contributed by atoms with E-state index in [1.165, 1.54) is 0 Å². The monoisotopic (exact) mass is 305 g/mol. The van der Waals surface area contributed by atoms with Gasteiger partial charge in [0, 0.05) is 17.0 Å². The first-order valence-corrected chi connectivity index (χ1v) is 5.59. The van der Waals surface area contributed by atoms with Gasteiger partial charge in [-0.05, 0) is 12.1 Å². The van der Waals surface area contributed by atoms with Gasteiger partial charge in [-0.1, -0.05) is 35.0 Å². The molecule has 0 saturated heterocycles. The molecule has 1 aromatic rings. The van der Waals surface area contributed by atoms with Gasteiger partial charge in [0.15, 0.2) is 0 Å². The maximum absolute atomic E-state index is 12.3. The highest BCUT2D eigenvalue weighted by Gasteiger charge is 2.53. The molecule has 0 radical (unpaired) electrons. The summed E-state index contributed by atoms with van der Waals surface area (Å²) in [6.45, 7) is 0. The van der Waals surface area contributed by atoms with Crippen LogP contribution in [0.1, 0.15) is 0 Å². The van der Waals surface area contributed by atoms with Gasteiger partial charge >= 0.3 is 6.18 Å². The van der Waals surface area contributed by atoms with Gasteiger partial charge in [-0.3, -0.25) is 10.1 Å². The zero-order valence-electron chi connectivity index (χ0n) is 7.87. The Morgan fingerprint density at radius 3 is 2.00 bits per heavy atom. The Bertz CT molecular complexity index is 422. The number of nitrogens with zero attached hydrogens (tertiary/aromatic N) is 1. The van der Waals surface area contributed by atoms with Gasteiger partial charge in [-0.15, -0.1) is 0 Å². The van der Waals surface area contributed by atoms with Crippen LogP contribution >= 0.6 is 35.0 Å². The van der Waals surface area contributed by atoms with E-state index in [-0.39, 0.29) is 22.3 Å². The second-order valence-electron chi connectivity index (χ2n) is 2.87. The first-order valence-electron chi connectivity index (χ1n) is 4.01. The number of hydrogen-bond acceptors (Lipinski definition) is 3. The summed E-state index contributed by atoms with van der Waals surface area (Å²) in [6.07, 6.45) is -4.80. The van der Waals surface area contributed by atoms with Crippen molar-refractivity contribution < 1.29 is 18.1 Å². The van der Waals surface area contributed by atoms with Crippen LogP contribution < -0.4 is 0 Å². The van der Waals surface area contributed by atoms with Gasteiger partial charge in [0.05, 0.1) is 4.92 Å². The maximum atomic E-state index is 12.3. The Hall–Kier alpha value is -0.660. The minimum Gasteiger partial charge on any atom is -0.258 e. The molecule has 0 N–H and O–H groups in total. The molecule has 0 fully saturated rings. The minimum absolute atomic E-state index is 0.0814. The molecule has 0 heterocycles. The molecule has 0 bridgehead atoms. The van der Waals surface area contributed by atoms with Crippen molar-refractivity contribution in [2.24, 2.45) is 0 Å². The van der Waals surface area contributed by atoms with E-state index in [4.69, 9.17) is 23.2 Å². The Labute approximate surface area is 108 Å². The third-order valence-electron chi connectivity index (χ3n) is 1.62. The molecule has 0 saturated carbocycles. The van der Waals surface area contributed by atoms with Crippen LogP contribution in [-0.4, -0.2) is 14.8 Å². The highest BCUT2D eigenvalue weighted by atomic mass is 35.5. The average Bonchev–Trinajstić information content (AvgIpc) is 2.16. The number of nitro benzene ring substituents is 1. The summed E-state index contributed by atoms with van der Waals surface area (Å²) in [6, 6.07) is 4.44. The predicted octanol–water partition coefficient (Wildman–Crippen LogP) is 4.38. The summed E-state index contributed by atoms with van der Waals surface area (Å²) in [7, 11) is 0. The number of thioether (sulfide) groups is 1. The van der Waals surface area contributed by atoms with Crippen molar-refractivity contribution >= 4 is 40.7 Å². The molecule has 0 amide bonds. The summed E-state index contributed by atoms with van der Waals surface area (Å²) < 4.78 is 34.0. The van der Waals surface area contributed by atoms with Gasteiger partial charge < -0.3 is 0 Å². The molecule has 1 aromatic carbocycles. The van der Waals surface area contributed by atoms with Crippen molar-refractivity contribution in [3.63, 3.8) is 0 Å². The molecule has 0 aromatic heterocycles. The summed E-state index contributed by atoms with van der Waals surface area (Å²) in [5, 5.41) is 10.3. The topological polar surface area (TPSA) is 43.1 Å². The lowest BCUT2D eigenvalue weighted by Gasteiger charge is -2.21. The van der Waals surface area contributed by atoms with Crippen molar-refractivity contribution in [1.29, 1.82) is 0 Å². The number of halogens is 5. The Balaban J connectivity index is 2.86. The molecule has 1 rings (SSSR count). The molecule has 17 heavy (non-hydrogen) atoms. The zero-order chi connectivity index (χ0) is 13.3. The lowest BCUT2D eigenvalue weighted by Crippen LogP contribution is -2.30. The Kier molecular flexibility index (Phi) is 4.16. The van der Waals surface area contributed by atoms with E-state index in [0.717, 1.165) is 24.3 Å². The summed E-state index contributed by atoms with van der Waals surface area (Å²) >= 11 is 10.4. The van der Waals surface area contributed by atoms with Gasteiger partial charge in [0.2, 0.25) is 0 Å². The van der Waals surface area contributed by atoms with E-state index in [1.807, 2.05) is 0 Å². The van der Waals surface area contributed by atoms with Crippen LogP contribution in [0.25, 0.3) is 0 Å². The van der Waals surface area contributed by atoms with Crippen LogP contribution in [0.2, 0.25) is 0 Å². The SMILES string of the molecule is O=[N+]([O-])c1ccc(SC(Cl)(Cl)C(F)(F)F)cc1. The molecular formula is C8H4Cl2F3NO2S. The molecule has 0 aliphatic rings. The normalized spacial score (nSPS) is 12.5. The molecule has 0 spiro atoms. The fourth-order valence-corrected chi connectivity index (χ4v) is 2.06. The van der Waals surface area contributed by atoms with Crippen LogP contribution in [0, 0.1) is 10.1 Å². The number of alkyl halides is 5. The van der Waals surface area contributed by atoms with Crippen LogP contribution in [-0.2, 0) is 0 Å². The van der Waals surface area contributed by atoms with E-state index in [2.05, 4.69) is 0 Å². The standard InChI is InChI=1S/C8H4Cl2F3NO2S/c9-7(10,8(11,12)13)17-6-3-1-5(2-4-6)14(15)16/h1-4H. The summed E-state index contributed by atoms with van der Waals surface area (Å²) in [5.41, 5.74) is -0.226. The minimum atomic E-state index is -4.80. The predicted molar refractivity (Wildman–Crippen MR) is 59.4 cm³/mol. The first kappa shape index (κ1) is 14.4. The third kappa shape index (κ3) is 3.65.